The molecule has 114 valence electrons. The summed E-state index contributed by atoms with van der Waals surface area (Å²) >= 11 is 4.58. The third-order valence-corrected chi connectivity index (χ3v) is 4.97. The van der Waals surface area contributed by atoms with Crippen molar-refractivity contribution in [2.24, 2.45) is 0 Å². The fourth-order valence-corrected chi connectivity index (χ4v) is 3.69. The lowest BCUT2D eigenvalue weighted by molar-refractivity contribution is -0.148. The number of likely N-dealkylation sites (N-methyl/N-ethyl adjacent to an activating group) is 1. The maximum atomic E-state index is 12.2. The van der Waals surface area contributed by atoms with E-state index in [1.807, 2.05) is 0 Å². The summed E-state index contributed by atoms with van der Waals surface area (Å²) in [6.07, 6.45) is 1.15. The molecule has 1 unspecified atom stereocenters. The third kappa shape index (κ3) is 3.62. The Labute approximate surface area is 134 Å². The number of nitrogens with zero attached hydrogens (tertiary/aromatic N) is 2. The van der Waals surface area contributed by atoms with Crippen molar-refractivity contribution in [1.82, 2.24) is 9.80 Å². The lowest BCUT2D eigenvalue weighted by Gasteiger charge is -2.24. The molecule has 6 nitrogen and oxygen atoms in total. The van der Waals surface area contributed by atoms with Crippen LogP contribution in [0.1, 0.15) is 22.5 Å². The second kappa shape index (κ2) is 6.57. The molecule has 0 aliphatic carbocycles. The smallest absolute Gasteiger partial charge is 0.326 e. The molecule has 1 fully saturated rings. The summed E-state index contributed by atoms with van der Waals surface area (Å²) < 4.78 is 0.844. The Bertz CT molecular complexity index is 574. The fraction of sp³-hybridized carbons (Fsp3) is 0.462. The van der Waals surface area contributed by atoms with Crippen molar-refractivity contribution >= 4 is 45.1 Å². The van der Waals surface area contributed by atoms with E-state index in [0.717, 1.165) is 3.79 Å². The molecular formula is C13H15BrN2O4S. The molecule has 1 aromatic rings. The minimum absolute atomic E-state index is 0.113. The zero-order valence-electron chi connectivity index (χ0n) is 11.4. The number of carbonyl (C=O) groups excluding carboxylic acids is 2. The number of likely N-dealkylation sites (tertiary alicyclic amines) is 1. The molecule has 2 rings (SSSR count). The van der Waals surface area contributed by atoms with Gasteiger partial charge in [0.1, 0.15) is 6.04 Å². The monoisotopic (exact) mass is 374 g/mol. The van der Waals surface area contributed by atoms with Crippen LogP contribution in [0, 0.1) is 0 Å². The average Bonchev–Trinajstić information content (AvgIpc) is 3.05. The van der Waals surface area contributed by atoms with Gasteiger partial charge in [-0.3, -0.25) is 9.59 Å². The number of carboxylic acid groups (broad SMARTS) is 1. The zero-order valence-corrected chi connectivity index (χ0v) is 13.8. The zero-order chi connectivity index (χ0) is 15.6. The summed E-state index contributed by atoms with van der Waals surface area (Å²) in [5, 5.41) is 9.08. The lowest BCUT2D eigenvalue weighted by atomic mass is 10.2. The molecule has 0 bridgehead atoms. The second-order valence-corrected chi connectivity index (χ2v) is 7.31. The van der Waals surface area contributed by atoms with Crippen LogP contribution in [0.3, 0.4) is 0 Å². The van der Waals surface area contributed by atoms with Crippen LogP contribution >= 0.6 is 27.3 Å². The normalized spacial score (nSPS) is 17.8. The standard InChI is InChI=1S/C13H15BrN2O4S/c1-15(12(18)9-4-5-10(14)21-9)7-11(17)16-6-2-3-8(16)13(19)20/h4-5,8H,2-3,6-7H2,1H3,(H,19,20). The Morgan fingerprint density at radius 3 is 2.76 bits per heavy atom. The third-order valence-electron chi connectivity index (χ3n) is 3.36. The predicted octanol–water partition coefficient (Wildman–Crippen LogP) is 1.66. The quantitative estimate of drug-likeness (QED) is 0.868. The van der Waals surface area contributed by atoms with E-state index in [1.54, 1.807) is 19.2 Å². The number of carboxylic acids is 1. The van der Waals surface area contributed by atoms with E-state index in [-0.39, 0.29) is 18.4 Å². The Morgan fingerprint density at radius 2 is 2.19 bits per heavy atom. The van der Waals surface area contributed by atoms with E-state index in [4.69, 9.17) is 5.11 Å². The van der Waals surface area contributed by atoms with Gasteiger partial charge in [-0.1, -0.05) is 0 Å². The number of rotatable bonds is 4. The summed E-state index contributed by atoms with van der Waals surface area (Å²) in [5.41, 5.74) is 0. The molecule has 21 heavy (non-hydrogen) atoms. The molecule has 0 radical (unpaired) electrons. The van der Waals surface area contributed by atoms with Gasteiger partial charge in [-0.15, -0.1) is 11.3 Å². The number of hydrogen-bond donors (Lipinski definition) is 1. The van der Waals surface area contributed by atoms with Gasteiger partial charge in [-0.2, -0.15) is 0 Å². The molecule has 1 N–H and O–H groups in total. The highest BCUT2D eigenvalue weighted by Crippen LogP contribution is 2.23. The predicted molar refractivity (Wildman–Crippen MR) is 81.4 cm³/mol. The molecule has 2 amide bonds. The summed E-state index contributed by atoms with van der Waals surface area (Å²) in [5.74, 6) is -1.56. The van der Waals surface area contributed by atoms with Crippen molar-refractivity contribution in [1.29, 1.82) is 0 Å². The number of halogens is 1. The second-order valence-electron chi connectivity index (χ2n) is 4.85. The van der Waals surface area contributed by atoms with Gasteiger partial charge in [-0.05, 0) is 40.9 Å². The molecule has 1 aliphatic heterocycles. The molecule has 1 aliphatic rings. The summed E-state index contributed by atoms with van der Waals surface area (Å²) in [7, 11) is 1.54. The van der Waals surface area contributed by atoms with Gasteiger partial charge in [-0.25, -0.2) is 4.79 Å². The van der Waals surface area contributed by atoms with Crippen molar-refractivity contribution in [2.75, 3.05) is 20.1 Å². The fourth-order valence-electron chi connectivity index (χ4n) is 2.30. The number of carbonyl (C=O) groups is 3. The van der Waals surface area contributed by atoms with Crippen molar-refractivity contribution in [3.05, 3.63) is 20.8 Å². The number of amides is 2. The first-order chi connectivity index (χ1) is 9.90. The van der Waals surface area contributed by atoms with E-state index in [2.05, 4.69) is 15.9 Å². The minimum Gasteiger partial charge on any atom is -0.480 e. The number of thiophene rings is 1. The van der Waals surface area contributed by atoms with Crippen LogP contribution in [-0.4, -0.2) is 58.9 Å². The number of hydrogen-bond acceptors (Lipinski definition) is 4. The highest BCUT2D eigenvalue weighted by molar-refractivity contribution is 9.11. The van der Waals surface area contributed by atoms with Crippen LogP contribution in [-0.2, 0) is 9.59 Å². The van der Waals surface area contributed by atoms with E-state index in [0.29, 0.717) is 24.3 Å². The van der Waals surface area contributed by atoms with Gasteiger partial charge in [0, 0.05) is 13.6 Å². The topological polar surface area (TPSA) is 77.9 Å². The number of aliphatic carboxylic acids is 1. The van der Waals surface area contributed by atoms with E-state index in [1.165, 1.54) is 21.1 Å². The van der Waals surface area contributed by atoms with E-state index >= 15 is 0 Å². The first-order valence-electron chi connectivity index (χ1n) is 6.43. The van der Waals surface area contributed by atoms with Crippen LogP contribution in [0.5, 0.6) is 0 Å². The highest BCUT2D eigenvalue weighted by atomic mass is 79.9. The average molecular weight is 375 g/mol. The van der Waals surface area contributed by atoms with Gasteiger partial charge in [0.25, 0.3) is 5.91 Å². The maximum absolute atomic E-state index is 12.2. The molecule has 0 saturated carbocycles. The summed E-state index contributed by atoms with van der Waals surface area (Å²) in [6, 6.07) is 2.69. The Kier molecular flexibility index (Phi) is 5.00. The summed E-state index contributed by atoms with van der Waals surface area (Å²) in [6.45, 7) is 0.320. The van der Waals surface area contributed by atoms with Gasteiger partial charge in [0.2, 0.25) is 5.91 Å². The summed E-state index contributed by atoms with van der Waals surface area (Å²) in [4.78, 5) is 38.6. The van der Waals surface area contributed by atoms with Crippen LogP contribution in [0.4, 0.5) is 0 Å². The Morgan fingerprint density at radius 1 is 1.48 bits per heavy atom. The van der Waals surface area contributed by atoms with Crippen LogP contribution in [0.25, 0.3) is 0 Å². The minimum atomic E-state index is -0.989. The first kappa shape index (κ1) is 16.0. The van der Waals surface area contributed by atoms with Crippen LogP contribution in [0.15, 0.2) is 15.9 Å². The van der Waals surface area contributed by atoms with Crippen molar-refractivity contribution in [3.63, 3.8) is 0 Å². The van der Waals surface area contributed by atoms with Gasteiger partial charge in [0.15, 0.2) is 0 Å². The lowest BCUT2D eigenvalue weighted by Crippen LogP contribution is -2.45. The molecule has 2 heterocycles. The van der Waals surface area contributed by atoms with Gasteiger partial charge >= 0.3 is 5.97 Å². The van der Waals surface area contributed by atoms with Crippen LogP contribution < -0.4 is 0 Å². The van der Waals surface area contributed by atoms with Crippen molar-refractivity contribution < 1.29 is 19.5 Å². The Balaban J connectivity index is 1.99. The molecule has 1 saturated heterocycles. The largest absolute Gasteiger partial charge is 0.480 e. The first-order valence-corrected chi connectivity index (χ1v) is 8.04. The molecule has 1 aromatic heterocycles. The van der Waals surface area contributed by atoms with Crippen molar-refractivity contribution in [2.45, 2.75) is 18.9 Å². The van der Waals surface area contributed by atoms with Crippen LogP contribution in [0.2, 0.25) is 0 Å². The molecule has 0 aromatic carbocycles. The van der Waals surface area contributed by atoms with E-state index in [9.17, 15) is 14.4 Å². The highest BCUT2D eigenvalue weighted by Gasteiger charge is 2.34. The SMILES string of the molecule is CN(CC(=O)N1CCCC1C(=O)O)C(=O)c1ccc(Br)s1. The van der Waals surface area contributed by atoms with Gasteiger partial charge < -0.3 is 14.9 Å². The molecule has 1 atom stereocenters. The van der Waals surface area contributed by atoms with Crippen molar-refractivity contribution in [3.8, 4) is 0 Å². The molecule has 8 heteroatoms. The van der Waals surface area contributed by atoms with E-state index < -0.39 is 12.0 Å². The van der Waals surface area contributed by atoms with Gasteiger partial charge in [0.05, 0.1) is 15.2 Å². The maximum Gasteiger partial charge on any atom is 0.326 e. The molecule has 0 spiro atoms. The molecular weight excluding hydrogens is 360 g/mol. The Hall–Kier alpha value is -1.41.